The van der Waals surface area contributed by atoms with Gasteiger partial charge in [0.1, 0.15) is 0 Å². The van der Waals surface area contributed by atoms with Crippen molar-refractivity contribution >= 4 is 27.3 Å². The summed E-state index contributed by atoms with van der Waals surface area (Å²) in [5.41, 5.74) is 0. The number of rotatable bonds is 4. The molecule has 0 saturated carbocycles. The van der Waals surface area contributed by atoms with Crippen LogP contribution < -0.4 is 5.32 Å². The van der Waals surface area contributed by atoms with E-state index >= 15 is 0 Å². The highest BCUT2D eigenvalue weighted by molar-refractivity contribution is 9.11. The molecule has 0 amide bonds. The lowest BCUT2D eigenvalue weighted by molar-refractivity contribution is 0.391. The molecule has 1 N–H and O–H groups in total. The lowest BCUT2D eigenvalue weighted by Crippen LogP contribution is -2.32. The summed E-state index contributed by atoms with van der Waals surface area (Å²) in [4.78, 5) is 1.39. The van der Waals surface area contributed by atoms with Gasteiger partial charge in [-0.1, -0.05) is 13.8 Å². The number of halogens is 1. The summed E-state index contributed by atoms with van der Waals surface area (Å²) in [5.74, 6) is 0.681. The van der Waals surface area contributed by atoms with Crippen molar-refractivity contribution < 1.29 is 0 Å². The molecule has 0 saturated heterocycles. The van der Waals surface area contributed by atoms with Gasteiger partial charge in [0.05, 0.1) is 3.79 Å². The Morgan fingerprint density at radius 3 is 2.29 bits per heavy atom. The molecule has 1 heterocycles. The third-order valence-corrected chi connectivity index (χ3v) is 4.34. The zero-order valence-electron chi connectivity index (χ0n) is 9.17. The smallest absolute Gasteiger partial charge is 0.0701 e. The van der Waals surface area contributed by atoms with E-state index in [4.69, 9.17) is 0 Å². The molecule has 0 bridgehead atoms. The first kappa shape index (κ1) is 12.2. The molecule has 80 valence electrons. The molecule has 0 aliphatic carbocycles. The second-order valence-corrected chi connectivity index (χ2v) is 6.56. The van der Waals surface area contributed by atoms with Crippen LogP contribution >= 0.6 is 27.3 Å². The van der Waals surface area contributed by atoms with Crippen LogP contribution in [0.5, 0.6) is 0 Å². The molecule has 0 aromatic carbocycles. The van der Waals surface area contributed by atoms with Crippen LogP contribution in [0.15, 0.2) is 15.9 Å². The maximum atomic E-state index is 3.60. The zero-order valence-corrected chi connectivity index (χ0v) is 11.6. The largest absolute Gasteiger partial charge is 0.307 e. The minimum Gasteiger partial charge on any atom is -0.307 e. The quantitative estimate of drug-likeness (QED) is 0.868. The Morgan fingerprint density at radius 2 is 1.86 bits per heavy atom. The van der Waals surface area contributed by atoms with E-state index in [1.807, 2.05) is 0 Å². The first-order valence-electron chi connectivity index (χ1n) is 5.02. The van der Waals surface area contributed by atoms with Gasteiger partial charge in [-0.3, -0.25) is 0 Å². The van der Waals surface area contributed by atoms with Crippen LogP contribution in [0, 0.1) is 5.92 Å². The van der Waals surface area contributed by atoms with E-state index < -0.39 is 0 Å². The average Bonchev–Trinajstić information content (AvgIpc) is 2.51. The third-order valence-electron chi connectivity index (χ3n) is 2.53. The minimum atomic E-state index is 0.448. The summed E-state index contributed by atoms with van der Waals surface area (Å²) >= 11 is 5.29. The van der Waals surface area contributed by atoms with Crippen LogP contribution in [-0.2, 0) is 0 Å². The molecule has 0 fully saturated rings. The van der Waals surface area contributed by atoms with Gasteiger partial charge in [-0.25, -0.2) is 0 Å². The molecule has 1 nitrogen and oxygen atoms in total. The van der Waals surface area contributed by atoms with E-state index in [0.717, 1.165) is 0 Å². The summed E-state index contributed by atoms with van der Waals surface area (Å²) in [6.45, 7) is 8.95. The van der Waals surface area contributed by atoms with E-state index in [2.05, 4.69) is 61.1 Å². The highest BCUT2D eigenvalue weighted by Gasteiger charge is 2.13. The lowest BCUT2D eigenvalue weighted by Gasteiger charge is -2.22. The van der Waals surface area contributed by atoms with Crippen LogP contribution in [0.1, 0.15) is 38.6 Å². The number of thiophene rings is 1. The lowest BCUT2D eigenvalue weighted by atomic mass is 10.1. The molecular formula is C11H18BrNS. The third kappa shape index (κ3) is 3.37. The molecule has 3 heteroatoms. The van der Waals surface area contributed by atoms with Gasteiger partial charge in [0, 0.05) is 17.0 Å². The van der Waals surface area contributed by atoms with Gasteiger partial charge in [-0.05, 0) is 47.8 Å². The summed E-state index contributed by atoms with van der Waals surface area (Å²) < 4.78 is 1.21. The monoisotopic (exact) mass is 275 g/mol. The fourth-order valence-corrected chi connectivity index (χ4v) is 2.66. The van der Waals surface area contributed by atoms with Crippen molar-refractivity contribution in [2.24, 2.45) is 5.92 Å². The fraction of sp³-hybridized carbons (Fsp3) is 0.636. The predicted molar refractivity (Wildman–Crippen MR) is 67.9 cm³/mol. The molecule has 2 atom stereocenters. The topological polar surface area (TPSA) is 12.0 Å². The van der Waals surface area contributed by atoms with E-state index in [0.29, 0.717) is 18.0 Å². The van der Waals surface area contributed by atoms with Gasteiger partial charge in [-0.15, -0.1) is 11.3 Å². The molecule has 1 rings (SSSR count). The Morgan fingerprint density at radius 1 is 1.21 bits per heavy atom. The van der Waals surface area contributed by atoms with Gasteiger partial charge in [0.2, 0.25) is 0 Å². The SMILES string of the molecule is CC(C)[C@@H](C)N[C@@H](C)c1ccc(Br)s1. The summed E-state index contributed by atoms with van der Waals surface area (Å²) in [6, 6.07) is 5.30. The van der Waals surface area contributed by atoms with Crippen molar-refractivity contribution in [3.05, 3.63) is 20.8 Å². The summed E-state index contributed by atoms with van der Waals surface area (Å²) in [6.07, 6.45) is 0. The fourth-order valence-electron chi connectivity index (χ4n) is 1.23. The van der Waals surface area contributed by atoms with Crippen LogP contribution in [0.4, 0.5) is 0 Å². The highest BCUT2D eigenvalue weighted by Crippen LogP contribution is 2.27. The van der Waals surface area contributed by atoms with Gasteiger partial charge in [0.25, 0.3) is 0 Å². The first-order valence-corrected chi connectivity index (χ1v) is 6.63. The molecule has 0 spiro atoms. The van der Waals surface area contributed by atoms with Crippen molar-refractivity contribution in [3.63, 3.8) is 0 Å². The number of hydrogen-bond donors (Lipinski definition) is 1. The molecule has 0 unspecified atom stereocenters. The average molecular weight is 276 g/mol. The Bertz CT molecular complexity index is 283. The summed E-state index contributed by atoms with van der Waals surface area (Å²) in [7, 11) is 0. The number of nitrogens with one attached hydrogen (secondary N) is 1. The molecule has 1 aromatic heterocycles. The van der Waals surface area contributed by atoms with Crippen molar-refractivity contribution in [1.29, 1.82) is 0 Å². The predicted octanol–water partition coefficient (Wildman–Crippen LogP) is 4.21. The van der Waals surface area contributed by atoms with E-state index in [-0.39, 0.29) is 0 Å². The molecule has 0 aliphatic rings. The Labute approximate surface area is 99.0 Å². The van der Waals surface area contributed by atoms with Crippen LogP contribution in [0.3, 0.4) is 0 Å². The van der Waals surface area contributed by atoms with E-state index in [1.165, 1.54) is 8.66 Å². The zero-order chi connectivity index (χ0) is 10.7. The molecule has 14 heavy (non-hydrogen) atoms. The summed E-state index contributed by atoms with van der Waals surface area (Å²) in [5, 5.41) is 3.60. The number of hydrogen-bond acceptors (Lipinski definition) is 2. The Kier molecular flexibility index (Phi) is 4.61. The molecular weight excluding hydrogens is 258 g/mol. The highest BCUT2D eigenvalue weighted by atomic mass is 79.9. The molecule has 0 radical (unpaired) electrons. The minimum absolute atomic E-state index is 0.448. The molecule has 1 aromatic rings. The van der Waals surface area contributed by atoms with Crippen molar-refractivity contribution in [2.45, 2.75) is 39.8 Å². The first-order chi connectivity index (χ1) is 6.50. The second-order valence-electron chi connectivity index (χ2n) is 4.06. The van der Waals surface area contributed by atoms with E-state index in [9.17, 15) is 0 Å². The Balaban J connectivity index is 2.54. The van der Waals surface area contributed by atoms with Gasteiger partial charge >= 0.3 is 0 Å². The maximum Gasteiger partial charge on any atom is 0.0701 e. The van der Waals surface area contributed by atoms with Crippen LogP contribution in [0.2, 0.25) is 0 Å². The van der Waals surface area contributed by atoms with Crippen molar-refractivity contribution in [2.75, 3.05) is 0 Å². The van der Waals surface area contributed by atoms with Crippen molar-refractivity contribution in [3.8, 4) is 0 Å². The second kappa shape index (κ2) is 5.29. The Hall–Kier alpha value is 0.140. The molecule has 0 aliphatic heterocycles. The van der Waals surface area contributed by atoms with Gasteiger partial charge < -0.3 is 5.32 Å². The van der Waals surface area contributed by atoms with Gasteiger partial charge in [-0.2, -0.15) is 0 Å². The van der Waals surface area contributed by atoms with Crippen LogP contribution in [-0.4, -0.2) is 6.04 Å². The van der Waals surface area contributed by atoms with Gasteiger partial charge in [0.15, 0.2) is 0 Å². The van der Waals surface area contributed by atoms with Crippen LogP contribution in [0.25, 0.3) is 0 Å². The van der Waals surface area contributed by atoms with E-state index in [1.54, 1.807) is 11.3 Å². The standard InChI is InChI=1S/C11H18BrNS/c1-7(2)8(3)13-9(4)10-5-6-11(12)14-10/h5-9,13H,1-4H3/t8-,9+/m1/s1. The maximum absolute atomic E-state index is 3.60. The van der Waals surface area contributed by atoms with Crippen molar-refractivity contribution in [1.82, 2.24) is 5.32 Å². The normalized spacial score (nSPS) is 15.9.